The van der Waals surface area contributed by atoms with Crippen LogP contribution in [0.3, 0.4) is 0 Å². The van der Waals surface area contributed by atoms with Crippen LogP contribution in [0.4, 0.5) is 13.2 Å². The molecule has 6 nitrogen and oxygen atoms in total. The quantitative estimate of drug-likeness (QED) is 0.640. The fraction of sp³-hybridized carbons (Fsp3) is 0.812. The van der Waals surface area contributed by atoms with Gasteiger partial charge in [0.1, 0.15) is 5.82 Å². The Morgan fingerprint density at radius 1 is 1.24 bits per heavy atom. The molecule has 0 spiro atoms. The second kappa shape index (κ2) is 7.61. The van der Waals surface area contributed by atoms with Gasteiger partial charge in [0, 0.05) is 26.6 Å². The van der Waals surface area contributed by atoms with Crippen molar-refractivity contribution >= 4 is 5.96 Å². The van der Waals surface area contributed by atoms with E-state index in [9.17, 15) is 13.2 Å². The Morgan fingerprint density at radius 3 is 2.84 bits per heavy atom. The Morgan fingerprint density at radius 2 is 2.08 bits per heavy atom. The van der Waals surface area contributed by atoms with Gasteiger partial charge in [-0.25, -0.2) is 0 Å². The minimum atomic E-state index is -4.08. The first-order valence-corrected chi connectivity index (χ1v) is 8.89. The van der Waals surface area contributed by atoms with Gasteiger partial charge in [0.2, 0.25) is 0 Å². The molecule has 1 saturated carbocycles. The molecule has 0 bridgehead atoms. The summed E-state index contributed by atoms with van der Waals surface area (Å²) in [5.74, 6) is 1.33. The van der Waals surface area contributed by atoms with Gasteiger partial charge in [0.25, 0.3) is 0 Å². The Hall–Kier alpha value is -1.80. The van der Waals surface area contributed by atoms with Crippen molar-refractivity contribution in [2.75, 3.05) is 13.6 Å². The maximum absolute atomic E-state index is 12.9. The van der Waals surface area contributed by atoms with Gasteiger partial charge in [0.05, 0.1) is 12.5 Å². The molecule has 3 rings (SSSR count). The van der Waals surface area contributed by atoms with Gasteiger partial charge in [-0.3, -0.25) is 4.99 Å². The zero-order chi connectivity index (χ0) is 17.9. The Kier molecular flexibility index (Phi) is 5.48. The number of halogens is 3. The molecular formula is C16H25F3N6. The summed E-state index contributed by atoms with van der Waals surface area (Å²) in [6, 6.07) is 0. The Balaban J connectivity index is 1.46. The lowest BCUT2D eigenvalue weighted by molar-refractivity contribution is -0.185. The van der Waals surface area contributed by atoms with E-state index in [1.807, 2.05) is 0 Å². The van der Waals surface area contributed by atoms with Crippen molar-refractivity contribution in [3.63, 3.8) is 0 Å². The van der Waals surface area contributed by atoms with Crippen LogP contribution in [0.15, 0.2) is 4.99 Å². The standard InChI is InChI=1S/C16H25F3N6/c1-20-15(22-10-14-24-23-13-6-3-7-25(13)14)21-9-11-4-2-5-12(8-11)16(17,18)19/h11-12H,2-10H2,1H3,(H2,20,21,22). The molecule has 0 aromatic carbocycles. The first kappa shape index (κ1) is 18.0. The number of hydrogen-bond acceptors (Lipinski definition) is 3. The van der Waals surface area contributed by atoms with E-state index in [0.717, 1.165) is 37.5 Å². The number of aliphatic imine (C=N–C) groups is 1. The molecule has 2 N–H and O–H groups in total. The molecule has 2 heterocycles. The minimum Gasteiger partial charge on any atom is -0.356 e. The van der Waals surface area contributed by atoms with Crippen LogP contribution in [-0.4, -0.2) is 40.5 Å². The predicted octanol–water partition coefficient (Wildman–Crippen LogP) is 2.26. The first-order valence-electron chi connectivity index (χ1n) is 8.89. The van der Waals surface area contributed by atoms with Gasteiger partial charge in [-0.1, -0.05) is 6.42 Å². The fourth-order valence-corrected chi connectivity index (χ4v) is 3.74. The van der Waals surface area contributed by atoms with E-state index >= 15 is 0 Å². The summed E-state index contributed by atoms with van der Waals surface area (Å²) < 4.78 is 40.8. The van der Waals surface area contributed by atoms with Crippen LogP contribution in [0, 0.1) is 11.8 Å². The number of alkyl halides is 3. The third-order valence-corrected chi connectivity index (χ3v) is 5.13. The monoisotopic (exact) mass is 358 g/mol. The second-order valence-corrected chi connectivity index (χ2v) is 6.87. The summed E-state index contributed by atoms with van der Waals surface area (Å²) >= 11 is 0. The first-order chi connectivity index (χ1) is 12.0. The summed E-state index contributed by atoms with van der Waals surface area (Å²) in [5.41, 5.74) is 0. The van der Waals surface area contributed by atoms with Gasteiger partial charge < -0.3 is 15.2 Å². The molecule has 2 atom stereocenters. The van der Waals surface area contributed by atoms with Gasteiger partial charge in [-0.15, -0.1) is 10.2 Å². The van der Waals surface area contributed by atoms with Crippen LogP contribution in [-0.2, 0) is 19.5 Å². The largest absolute Gasteiger partial charge is 0.391 e. The number of nitrogens with one attached hydrogen (secondary N) is 2. The smallest absolute Gasteiger partial charge is 0.356 e. The summed E-state index contributed by atoms with van der Waals surface area (Å²) in [5, 5.41) is 14.7. The maximum Gasteiger partial charge on any atom is 0.391 e. The van der Waals surface area contributed by atoms with Gasteiger partial charge in [-0.2, -0.15) is 13.2 Å². The number of aryl methyl sites for hydroxylation is 1. The highest BCUT2D eigenvalue weighted by atomic mass is 19.4. The van der Waals surface area contributed by atoms with Gasteiger partial charge in [-0.05, 0) is 31.6 Å². The van der Waals surface area contributed by atoms with Crippen molar-refractivity contribution < 1.29 is 13.2 Å². The topological polar surface area (TPSA) is 67.1 Å². The molecule has 1 aromatic heterocycles. The molecule has 2 aliphatic rings. The summed E-state index contributed by atoms with van der Waals surface area (Å²) in [7, 11) is 1.66. The van der Waals surface area contributed by atoms with Crippen LogP contribution in [0.25, 0.3) is 0 Å². The van der Waals surface area contributed by atoms with Crippen molar-refractivity contribution in [3.8, 4) is 0 Å². The van der Waals surface area contributed by atoms with Crippen LogP contribution in [0.5, 0.6) is 0 Å². The predicted molar refractivity (Wildman–Crippen MR) is 88.0 cm³/mol. The molecular weight excluding hydrogens is 333 g/mol. The molecule has 0 amide bonds. The maximum atomic E-state index is 12.9. The molecule has 140 valence electrons. The van der Waals surface area contributed by atoms with E-state index in [2.05, 4.69) is 30.4 Å². The van der Waals surface area contributed by atoms with E-state index in [1.165, 1.54) is 0 Å². The molecule has 0 saturated heterocycles. The number of hydrogen-bond donors (Lipinski definition) is 2. The van der Waals surface area contributed by atoms with E-state index in [4.69, 9.17) is 0 Å². The molecule has 1 aliphatic heterocycles. The highest BCUT2D eigenvalue weighted by molar-refractivity contribution is 5.79. The zero-order valence-corrected chi connectivity index (χ0v) is 14.4. The number of rotatable bonds is 4. The average molecular weight is 358 g/mol. The van der Waals surface area contributed by atoms with Crippen molar-refractivity contribution in [1.82, 2.24) is 25.4 Å². The van der Waals surface area contributed by atoms with Crippen molar-refractivity contribution in [2.45, 2.75) is 57.8 Å². The van der Waals surface area contributed by atoms with Gasteiger partial charge in [0.15, 0.2) is 11.8 Å². The number of nitrogens with zero attached hydrogens (tertiary/aromatic N) is 4. The van der Waals surface area contributed by atoms with Crippen molar-refractivity contribution in [3.05, 3.63) is 11.6 Å². The molecule has 9 heteroatoms. The van der Waals surface area contributed by atoms with E-state index in [-0.39, 0.29) is 18.8 Å². The molecule has 1 aromatic rings. The number of fused-ring (bicyclic) bond motifs is 1. The number of guanidine groups is 1. The molecule has 1 fully saturated rings. The van der Waals surface area contributed by atoms with Crippen LogP contribution >= 0.6 is 0 Å². The van der Waals surface area contributed by atoms with E-state index in [0.29, 0.717) is 25.5 Å². The van der Waals surface area contributed by atoms with Crippen molar-refractivity contribution in [2.24, 2.45) is 16.8 Å². The highest BCUT2D eigenvalue weighted by Crippen LogP contribution is 2.39. The van der Waals surface area contributed by atoms with Crippen molar-refractivity contribution in [1.29, 1.82) is 0 Å². The minimum absolute atomic E-state index is 0.0243. The second-order valence-electron chi connectivity index (χ2n) is 6.87. The molecule has 2 unspecified atom stereocenters. The van der Waals surface area contributed by atoms with E-state index < -0.39 is 12.1 Å². The Labute approximate surface area is 145 Å². The lowest BCUT2D eigenvalue weighted by atomic mass is 9.81. The lowest BCUT2D eigenvalue weighted by Gasteiger charge is -2.30. The third-order valence-electron chi connectivity index (χ3n) is 5.13. The molecule has 0 radical (unpaired) electrons. The summed E-state index contributed by atoms with van der Waals surface area (Å²) in [4.78, 5) is 4.15. The number of aromatic nitrogens is 3. The van der Waals surface area contributed by atoms with Crippen LogP contribution < -0.4 is 10.6 Å². The zero-order valence-electron chi connectivity index (χ0n) is 14.4. The lowest BCUT2D eigenvalue weighted by Crippen LogP contribution is -2.41. The fourth-order valence-electron chi connectivity index (χ4n) is 3.74. The summed E-state index contributed by atoms with van der Waals surface area (Å²) in [6.45, 7) is 1.94. The highest BCUT2D eigenvalue weighted by Gasteiger charge is 2.42. The molecule has 1 aliphatic carbocycles. The van der Waals surface area contributed by atoms with Crippen LogP contribution in [0.2, 0.25) is 0 Å². The van der Waals surface area contributed by atoms with E-state index in [1.54, 1.807) is 7.05 Å². The SMILES string of the molecule is CN=C(NCc1nnc2n1CCC2)NCC1CCCC(C(F)(F)F)C1. The Bertz CT molecular complexity index is 610. The molecule has 25 heavy (non-hydrogen) atoms. The van der Waals surface area contributed by atoms with Crippen LogP contribution in [0.1, 0.15) is 43.8 Å². The van der Waals surface area contributed by atoms with Gasteiger partial charge >= 0.3 is 6.18 Å². The third kappa shape index (κ3) is 4.43. The average Bonchev–Trinajstić information content (AvgIpc) is 3.19. The summed E-state index contributed by atoms with van der Waals surface area (Å²) in [6.07, 6.45) is -0.111. The normalized spacial score (nSPS) is 24.2.